The first-order valence-corrected chi connectivity index (χ1v) is 13.0. The van der Waals surface area contributed by atoms with Crippen molar-refractivity contribution in [3.63, 3.8) is 0 Å². The van der Waals surface area contributed by atoms with Gasteiger partial charge >= 0.3 is 6.03 Å². The number of nitrogens with zero attached hydrogens (tertiary/aromatic N) is 1. The number of carbonyl (C=O) groups is 3. The van der Waals surface area contributed by atoms with Crippen LogP contribution in [0.4, 0.5) is 14.9 Å². The Morgan fingerprint density at radius 2 is 1.79 bits per heavy atom. The van der Waals surface area contributed by atoms with E-state index in [0.717, 1.165) is 36.8 Å². The SMILES string of the molecule is Cc1[nH]c(/C=C2\C(=O)Nc3ccc(F)cc32)c(C)c1C(=O)NCCCCCCNC(=O)NCc1cccnc1. The molecule has 0 aliphatic carbocycles. The zero-order valence-corrected chi connectivity index (χ0v) is 22.1. The molecule has 0 unspecified atom stereocenters. The first-order valence-electron chi connectivity index (χ1n) is 13.0. The molecule has 5 N–H and O–H groups in total. The lowest BCUT2D eigenvalue weighted by Gasteiger charge is -2.08. The summed E-state index contributed by atoms with van der Waals surface area (Å²) in [7, 11) is 0. The Balaban J connectivity index is 1.18. The van der Waals surface area contributed by atoms with Crippen molar-refractivity contribution in [1.29, 1.82) is 0 Å². The Kier molecular flexibility index (Phi) is 9.09. The average molecular weight is 533 g/mol. The fraction of sp³-hybridized carbons (Fsp3) is 0.310. The van der Waals surface area contributed by atoms with Crippen LogP contribution in [0.5, 0.6) is 0 Å². The van der Waals surface area contributed by atoms with E-state index in [9.17, 15) is 18.8 Å². The van der Waals surface area contributed by atoms with E-state index in [1.54, 1.807) is 18.5 Å². The Bertz CT molecular complexity index is 1380. The van der Waals surface area contributed by atoms with Gasteiger partial charge in [-0.1, -0.05) is 18.9 Å². The summed E-state index contributed by atoms with van der Waals surface area (Å²) in [6, 6.07) is 7.69. The minimum absolute atomic E-state index is 0.180. The van der Waals surface area contributed by atoms with Crippen molar-refractivity contribution in [3.05, 3.63) is 82.2 Å². The van der Waals surface area contributed by atoms with Crippen LogP contribution in [0.25, 0.3) is 11.6 Å². The van der Waals surface area contributed by atoms with Crippen LogP contribution < -0.4 is 21.3 Å². The topological polar surface area (TPSA) is 128 Å². The van der Waals surface area contributed by atoms with Crippen LogP contribution in [-0.4, -0.2) is 40.9 Å². The molecule has 2 aromatic heterocycles. The molecule has 4 rings (SSSR count). The lowest BCUT2D eigenvalue weighted by atomic mass is 10.0. The molecule has 10 heteroatoms. The summed E-state index contributed by atoms with van der Waals surface area (Å²) in [5, 5.41) is 11.3. The summed E-state index contributed by atoms with van der Waals surface area (Å²) in [6.45, 7) is 5.19. The highest BCUT2D eigenvalue weighted by Crippen LogP contribution is 2.34. The van der Waals surface area contributed by atoms with E-state index in [1.165, 1.54) is 18.2 Å². The second-order valence-corrected chi connectivity index (χ2v) is 9.51. The molecule has 204 valence electrons. The molecule has 9 nitrogen and oxygen atoms in total. The van der Waals surface area contributed by atoms with Gasteiger partial charge in [0.1, 0.15) is 5.82 Å². The molecule has 0 saturated heterocycles. The normalized spacial score (nSPS) is 13.2. The van der Waals surface area contributed by atoms with E-state index in [-0.39, 0.29) is 17.8 Å². The molecule has 0 bridgehead atoms. The third kappa shape index (κ3) is 7.10. The smallest absolute Gasteiger partial charge is 0.315 e. The Morgan fingerprint density at radius 1 is 1.03 bits per heavy atom. The van der Waals surface area contributed by atoms with Gasteiger partial charge in [0, 0.05) is 54.7 Å². The fourth-order valence-electron chi connectivity index (χ4n) is 4.55. The maximum atomic E-state index is 13.8. The Labute approximate surface area is 226 Å². The number of aromatic nitrogens is 2. The number of fused-ring (bicyclic) bond motifs is 1. The number of urea groups is 1. The van der Waals surface area contributed by atoms with Crippen molar-refractivity contribution in [2.75, 3.05) is 18.4 Å². The van der Waals surface area contributed by atoms with E-state index in [4.69, 9.17) is 0 Å². The molecule has 4 amide bonds. The van der Waals surface area contributed by atoms with Crippen molar-refractivity contribution in [2.24, 2.45) is 0 Å². The molecule has 0 saturated carbocycles. The molecular formula is C29H33FN6O3. The average Bonchev–Trinajstić information content (AvgIpc) is 3.38. The van der Waals surface area contributed by atoms with Gasteiger partial charge in [0.15, 0.2) is 0 Å². The van der Waals surface area contributed by atoms with Gasteiger partial charge in [-0.3, -0.25) is 14.6 Å². The molecule has 0 radical (unpaired) electrons. The number of carbonyl (C=O) groups excluding carboxylic acids is 3. The summed E-state index contributed by atoms with van der Waals surface area (Å²) in [6.07, 6.45) is 8.59. The molecule has 3 aromatic rings. The molecule has 1 aliphatic heterocycles. The van der Waals surface area contributed by atoms with Crippen molar-refractivity contribution in [2.45, 2.75) is 46.1 Å². The fourth-order valence-corrected chi connectivity index (χ4v) is 4.55. The van der Waals surface area contributed by atoms with Gasteiger partial charge in [-0.15, -0.1) is 0 Å². The van der Waals surface area contributed by atoms with Crippen LogP contribution in [0.2, 0.25) is 0 Å². The number of hydrogen-bond donors (Lipinski definition) is 5. The zero-order chi connectivity index (χ0) is 27.8. The highest BCUT2D eigenvalue weighted by molar-refractivity contribution is 6.34. The molecule has 0 fully saturated rings. The summed E-state index contributed by atoms with van der Waals surface area (Å²) < 4.78 is 13.8. The largest absolute Gasteiger partial charge is 0.358 e. The third-order valence-corrected chi connectivity index (χ3v) is 6.61. The summed E-state index contributed by atoms with van der Waals surface area (Å²) >= 11 is 0. The maximum Gasteiger partial charge on any atom is 0.315 e. The van der Waals surface area contributed by atoms with E-state index < -0.39 is 5.82 Å². The highest BCUT2D eigenvalue weighted by atomic mass is 19.1. The number of nitrogens with one attached hydrogen (secondary N) is 5. The quantitative estimate of drug-likeness (QED) is 0.185. The Hall–Kier alpha value is -4.47. The summed E-state index contributed by atoms with van der Waals surface area (Å²) in [5.74, 6) is -0.914. The van der Waals surface area contributed by atoms with E-state index >= 15 is 0 Å². The number of halogens is 1. The van der Waals surface area contributed by atoms with Crippen LogP contribution in [0.1, 0.15) is 64.1 Å². The maximum absolute atomic E-state index is 13.8. The number of anilines is 1. The molecule has 1 aromatic carbocycles. The number of aryl methyl sites for hydroxylation is 1. The van der Waals surface area contributed by atoms with E-state index in [1.807, 2.05) is 26.0 Å². The predicted octanol–water partition coefficient (Wildman–Crippen LogP) is 4.45. The van der Waals surface area contributed by atoms with Crippen LogP contribution in [0.3, 0.4) is 0 Å². The highest BCUT2D eigenvalue weighted by Gasteiger charge is 2.26. The molecule has 0 atom stereocenters. The van der Waals surface area contributed by atoms with Gasteiger partial charge in [0.05, 0.1) is 11.1 Å². The minimum atomic E-state index is -0.422. The van der Waals surface area contributed by atoms with E-state index in [0.29, 0.717) is 53.4 Å². The predicted molar refractivity (Wildman–Crippen MR) is 148 cm³/mol. The lowest BCUT2D eigenvalue weighted by molar-refractivity contribution is -0.110. The number of H-pyrrole nitrogens is 1. The number of benzene rings is 1. The monoisotopic (exact) mass is 532 g/mol. The number of amides is 4. The van der Waals surface area contributed by atoms with Crippen molar-refractivity contribution < 1.29 is 18.8 Å². The van der Waals surface area contributed by atoms with Gasteiger partial charge in [-0.05, 0) is 68.2 Å². The minimum Gasteiger partial charge on any atom is -0.358 e. The second-order valence-electron chi connectivity index (χ2n) is 9.51. The third-order valence-electron chi connectivity index (χ3n) is 6.61. The zero-order valence-electron chi connectivity index (χ0n) is 22.1. The summed E-state index contributed by atoms with van der Waals surface area (Å²) in [5.41, 5.74) is 4.95. The van der Waals surface area contributed by atoms with Crippen LogP contribution in [0.15, 0.2) is 42.7 Å². The van der Waals surface area contributed by atoms with Gasteiger partial charge in [-0.25, -0.2) is 9.18 Å². The first-order chi connectivity index (χ1) is 18.8. The molecule has 0 spiro atoms. The first kappa shape index (κ1) is 27.6. The molecule has 39 heavy (non-hydrogen) atoms. The van der Waals surface area contributed by atoms with Gasteiger partial charge in [-0.2, -0.15) is 0 Å². The van der Waals surface area contributed by atoms with Crippen LogP contribution in [0, 0.1) is 19.7 Å². The number of pyridine rings is 1. The van der Waals surface area contributed by atoms with Crippen LogP contribution >= 0.6 is 0 Å². The number of rotatable bonds is 11. The van der Waals surface area contributed by atoms with Gasteiger partial charge in [0.25, 0.3) is 11.8 Å². The number of hydrogen-bond acceptors (Lipinski definition) is 4. The second kappa shape index (κ2) is 12.9. The van der Waals surface area contributed by atoms with Crippen LogP contribution in [-0.2, 0) is 11.3 Å². The van der Waals surface area contributed by atoms with Crippen molar-refractivity contribution in [1.82, 2.24) is 25.9 Å². The van der Waals surface area contributed by atoms with Gasteiger partial charge in [0.2, 0.25) is 0 Å². The van der Waals surface area contributed by atoms with Crippen molar-refractivity contribution >= 4 is 35.2 Å². The lowest BCUT2D eigenvalue weighted by Crippen LogP contribution is -2.35. The number of aromatic amines is 1. The standard InChI is InChI=1S/C29H33FN6O3/c1-18-25(15-23-22-14-21(30)9-10-24(22)36-27(23)37)35-19(2)26(18)28(38)32-12-5-3-4-6-13-33-29(39)34-17-20-8-7-11-31-16-20/h7-11,14-16,35H,3-6,12-13,17H2,1-2H3,(H,32,38)(H,36,37)(H2,33,34,39)/b23-15-. The molecule has 3 heterocycles. The Morgan fingerprint density at radius 3 is 2.54 bits per heavy atom. The molecular weight excluding hydrogens is 499 g/mol. The van der Waals surface area contributed by atoms with E-state index in [2.05, 4.69) is 31.2 Å². The van der Waals surface area contributed by atoms with Crippen molar-refractivity contribution in [3.8, 4) is 0 Å². The molecule has 1 aliphatic rings. The summed E-state index contributed by atoms with van der Waals surface area (Å²) in [4.78, 5) is 44.4. The number of unbranched alkanes of at least 4 members (excludes halogenated alkanes) is 3. The van der Waals surface area contributed by atoms with Gasteiger partial charge < -0.3 is 26.3 Å².